The Labute approximate surface area is 210 Å². The van der Waals surface area contributed by atoms with Crippen molar-refractivity contribution in [3.05, 3.63) is 64.5 Å². The second-order valence-electron chi connectivity index (χ2n) is 9.86. The first-order valence-electron chi connectivity index (χ1n) is 12.5. The number of alkyl halides is 2. The summed E-state index contributed by atoms with van der Waals surface area (Å²) in [5.41, 5.74) is -1.90. The van der Waals surface area contributed by atoms with Crippen molar-refractivity contribution >= 4 is 0 Å². The number of hydrogen-bond donors (Lipinski definition) is 0. The third-order valence-corrected chi connectivity index (χ3v) is 7.28. The predicted octanol–water partition coefficient (Wildman–Crippen LogP) is 8.17. The SMILES string of the molecule is CCCCC1CCC(C2COC(c3cc(F)c(C(F)(F)Oc4cc(F)c(F)c(F)c4)c(F)c3)OC2)CC1. The van der Waals surface area contributed by atoms with Gasteiger partial charge in [0, 0.05) is 23.6 Å². The molecule has 0 radical (unpaired) electrons. The van der Waals surface area contributed by atoms with Crippen LogP contribution in [0.25, 0.3) is 0 Å². The Morgan fingerprint density at radius 3 is 1.92 bits per heavy atom. The van der Waals surface area contributed by atoms with Crippen LogP contribution in [0.2, 0.25) is 0 Å². The Morgan fingerprint density at radius 1 is 0.811 bits per heavy atom. The maximum absolute atomic E-state index is 14.7. The molecular weight excluding hydrogens is 505 g/mol. The molecule has 4 rings (SSSR count). The minimum absolute atomic E-state index is 0.129. The topological polar surface area (TPSA) is 27.7 Å². The van der Waals surface area contributed by atoms with Crippen LogP contribution in [0, 0.1) is 46.8 Å². The summed E-state index contributed by atoms with van der Waals surface area (Å²) in [5, 5.41) is 0. The third-order valence-electron chi connectivity index (χ3n) is 7.28. The fourth-order valence-electron chi connectivity index (χ4n) is 5.22. The zero-order valence-corrected chi connectivity index (χ0v) is 20.4. The summed E-state index contributed by atoms with van der Waals surface area (Å²) < 4.78 is 114. The van der Waals surface area contributed by atoms with Gasteiger partial charge in [-0.1, -0.05) is 39.0 Å². The van der Waals surface area contributed by atoms with Gasteiger partial charge in [0.15, 0.2) is 23.7 Å². The highest BCUT2D eigenvalue weighted by Gasteiger charge is 2.42. The first-order valence-corrected chi connectivity index (χ1v) is 12.5. The van der Waals surface area contributed by atoms with Crippen molar-refractivity contribution in [1.82, 2.24) is 0 Å². The number of unbranched alkanes of at least 4 members (excludes halogenated alkanes) is 1. The summed E-state index contributed by atoms with van der Waals surface area (Å²) in [6, 6.07) is 1.58. The molecule has 0 aromatic heterocycles. The highest BCUT2D eigenvalue weighted by Crippen LogP contribution is 2.40. The molecule has 2 aliphatic rings. The van der Waals surface area contributed by atoms with Gasteiger partial charge in [0.25, 0.3) is 0 Å². The predicted molar refractivity (Wildman–Crippen MR) is 120 cm³/mol. The molecule has 1 aliphatic carbocycles. The molecule has 37 heavy (non-hydrogen) atoms. The average molecular weight is 535 g/mol. The van der Waals surface area contributed by atoms with Crippen LogP contribution in [0.1, 0.15) is 69.3 Å². The number of benzene rings is 2. The van der Waals surface area contributed by atoms with E-state index in [2.05, 4.69) is 11.7 Å². The molecule has 204 valence electrons. The second-order valence-corrected chi connectivity index (χ2v) is 9.86. The Bertz CT molecular complexity index is 1030. The van der Waals surface area contributed by atoms with Crippen LogP contribution in [-0.4, -0.2) is 13.2 Å². The van der Waals surface area contributed by atoms with Gasteiger partial charge in [-0.05, 0) is 36.8 Å². The lowest BCUT2D eigenvalue weighted by Crippen LogP contribution is -2.34. The lowest BCUT2D eigenvalue weighted by molar-refractivity contribution is -0.215. The van der Waals surface area contributed by atoms with Gasteiger partial charge in [-0.3, -0.25) is 0 Å². The van der Waals surface area contributed by atoms with Crippen molar-refractivity contribution in [2.24, 2.45) is 17.8 Å². The average Bonchev–Trinajstić information content (AvgIpc) is 2.85. The molecule has 2 aromatic rings. The van der Waals surface area contributed by atoms with Gasteiger partial charge < -0.3 is 14.2 Å². The summed E-state index contributed by atoms with van der Waals surface area (Å²) in [6.45, 7) is 2.82. The van der Waals surface area contributed by atoms with E-state index in [4.69, 9.17) is 9.47 Å². The van der Waals surface area contributed by atoms with Crippen molar-refractivity contribution in [3.63, 3.8) is 0 Å². The van der Waals surface area contributed by atoms with Crippen LogP contribution in [0.3, 0.4) is 0 Å². The van der Waals surface area contributed by atoms with E-state index in [1.54, 1.807) is 0 Å². The second kappa shape index (κ2) is 11.6. The summed E-state index contributed by atoms with van der Waals surface area (Å²) >= 11 is 0. The van der Waals surface area contributed by atoms with Crippen LogP contribution >= 0.6 is 0 Å². The lowest BCUT2D eigenvalue weighted by Gasteiger charge is -2.38. The number of halogens is 7. The van der Waals surface area contributed by atoms with Gasteiger partial charge in [-0.2, -0.15) is 8.78 Å². The standard InChI is InChI=1S/C27H29F7O3/c1-2-3-4-15-5-7-16(8-6-15)18-13-35-26(36-14-18)17-9-20(28)24(21(29)10-17)27(33,34)37-19-11-22(30)25(32)23(31)12-19/h9-12,15-16,18,26H,2-8,13-14H2,1H3. The number of rotatable bonds is 8. The van der Waals surface area contributed by atoms with Crippen molar-refractivity contribution in [2.45, 2.75) is 64.3 Å². The van der Waals surface area contributed by atoms with E-state index in [0.717, 1.165) is 31.6 Å². The molecule has 0 N–H and O–H groups in total. The van der Waals surface area contributed by atoms with E-state index in [-0.39, 0.29) is 23.6 Å². The van der Waals surface area contributed by atoms with Crippen molar-refractivity contribution in [1.29, 1.82) is 0 Å². The molecule has 1 aliphatic heterocycles. The molecule has 0 bridgehead atoms. The molecule has 2 fully saturated rings. The zero-order valence-electron chi connectivity index (χ0n) is 20.4. The van der Waals surface area contributed by atoms with Crippen LogP contribution in [0.4, 0.5) is 30.7 Å². The first-order chi connectivity index (χ1) is 17.6. The van der Waals surface area contributed by atoms with E-state index < -0.39 is 52.8 Å². The van der Waals surface area contributed by atoms with Gasteiger partial charge in [-0.15, -0.1) is 0 Å². The maximum Gasteiger partial charge on any atom is 0.432 e. The third kappa shape index (κ3) is 6.39. The van der Waals surface area contributed by atoms with E-state index in [0.29, 0.717) is 31.3 Å². The van der Waals surface area contributed by atoms with Crippen molar-refractivity contribution in [3.8, 4) is 5.75 Å². The summed E-state index contributed by atoms with van der Waals surface area (Å²) in [5.74, 6) is -8.63. The van der Waals surface area contributed by atoms with E-state index in [1.165, 1.54) is 19.3 Å². The van der Waals surface area contributed by atoms with Crippen molar-refractivity contribution < 1.29 is 44.9 Å². The summed E-state index contributed by atoms with van der Waals surface area (Å²) in [4.78, 5) is 0. The van der Waals surface area contributed by atoms with E-state index >= 15 is 0 Å². The summed E-state index contributed by atoms with van der Waals surface area (Å²) in [7, 11) is 0. The maximum atomic E-state index is 14.7. The lowest BCUT2D eigenvalue weighted by atomic mass is 9.74. The van der Waals surface area contributed by atoms with Gasteiger partial charge in [0.1, 0.15) is 22.9 Å². The highest BCUT2D eigenvalue weighted by molar-refractivity contribution is 5.32. The van der Waals surface area contributed by atoms with Crippen LogP contribution in [0.15, 0.2) is 24.3 Å². The molecule has 0 atom stereocenters. The minimum Gasteiger partial charge on any atom is -0.429 e. The Kier molecular flexibility index (Phi) is 8.68. The Balaban J connectivity index is 1.39. The fraction of sp³-hybridized carbons (Fsp3) is 0.556. The highest BCUT2D eigenvalue weighted by atomic mass is 19.3. The van der Waals surface area contributed by atoms with Crippen LogP contribution in [-0.2, 0) is 15.6 Å². The normalized spacial score (nSPS) is 24.8. The Hall–Kier alpha value is -2.33. The van der Waals surface area contributed by atoms with Gasteiger partial charge in [0.2, 0.25) is 0 Å². The molecule has 10 heteroatoms. The van der Waals surface area contributed by atoms with E-state index in [1.807, 2.05) is 0 Å². The molecule has 1 saturated carbocycles. The minimum atomic E-state index is -4.65. The van der Waals surface area contributed by atoms with Gasteiger partial charge in [0.05, 0.1) is 13.2 Å². The van der Waals surface area contributed by atoms with Crippen LogP contribution in [0.5, 0.6) is 5.75 Å². The van der Waals surface area contributed by atoms with Gasteiger partial charge >= 0.3 is 6.11 Å². The molecule has 0 amide bonds. The smallest absolute Gasteiger partial charge is 0.429 e. The largest absolute Gasteiger partial charge is 0.432 e. The quantitative estimate of drug-likeness (QED) is 0.253. The zero-order chi connectivity index (χ0) is 26.7. The molecular formula is C27H29F7O3. The molecule has 3 nitrogen and oxygen atoms in total. The summed E-state index contributed by atoms with van der Waals surface area (Å²) in [6.07, 6.45) is 2.36. The molecule has 0 unspecified atom stereocenters. The Morgan fingerprint density at radius 2 is 1.38 bits per heavy atom. The molecule has 0 spiro atoms. The van der Waals surface area contributed by atoms with Crippen LogP contribution < -0.4 is 4.74 Å². The number of ether oxygens (including phenoxy) is 3. The fourth-order valence-corrected chi connectivity index (χ4v) is 5.22. The number of hydrogen-bond acceptors (Lipinski definition) is 3. The molecule has 1 heterocycles. The first kappa shape index (κ1) is 27.7. The molecule has 2 aromatic carbocycles. The molecule has 1 saturated heterocycles. The van der Waals surface area contributed by atoms with Crippen molar-refractivity contribution in [2.75, 3.05) is 13.2 Å². The van der Waals surface area contributed by atoms with E-state index in [9.17, 15) is 30.7 Å². The monoisotopic (exact) mass is 534 g/mol. The van der Waals surface area contributed by atoms with Gasteiger partial charge in [-0.25, -0.2) is 22.0 Å².